The van der Waals surface area contributed by atoms with E-state index in [9.17, 15) is 0 Å². The van der Waals surface area contributed by atoms with Gasteiger partial charge < -0.3 is 4.98 Å². The number of aromatic amines is 1. The zero-order chi connectivity index (χ0) is 21.7. The third-order valence-corrected chi connectivity index (χ3v) is 8.19. The number of hydrogen-bond acceptors (Lipinski definition) is 1. The van der Waals surface area contributed by atoms with Crippen molar-refractivity contribution in [1.29, 1.82) is 0 Å². The van der Waals surface area contributed by atoms with Gasteiger partial charge in [0.1, 0.15) is 0 Å². The zero-order valence-electron chi connectivity index (χ0n) is 18.9. The van der Waals surface area contributed by atoms with Crippen LogP contribution in [0.25, 0.3) is 52.8 Å². The van der Waals surface area contributed by atoms with Gasteiger partial charge in [-0.1, -0.05) is 63.1 Å². The van der Waals surface area contributed by atoms with Gasteiger partial charge in [0.15, 0.2) is 0 Å². The van der Waals surface area contributed by atoms with Gasteiger partial charge in [-0.25, -0.2) is 0 Å². The Morgan fingerprint density at radius 2 is 1.22 bits per heavy atom. The predicted molar refractivity (Wildman–Crippen MR) is 143 cm³/mol. The molecule has 160 valence electrons. The molecular formula is C30H29NS. The molecule has 4 aromatic carbocycles. The summed E-state index contributed by atoms with van der Waals surface area (Å²) in [7, 11) is 0. The van der Waals surface area contributed by atoms with Gasteiger partial charge in [-0.2, -0.15) is 0 Å². The number of H-pyrrole nitrogens is 1. The second-order valence-electron chi connectivity index (χ2n) is 9.17. The van der Waals surface area contributed by atoms with Crippen molar-refractivity contribution in [1.82, 2.24) is 4.98 Å². The van der Waals surface area contributed by atoms with Crippen molar-refractivity contribution >= 4 is 64.1 Å². The minimum absolute atomic E-state index is 1.16. The summed E-state index contributed by atoms with van der Waals surface area (Å²) in [6.45, 7) is 4.53. The fourth-order valence-electron chi connectivity index (χ4n) is 5.18. The summed E-state index contributed by atoms with van der Waals surface area (Å²) in [5, 5.41) is 8.20. The number of benzene rings is 4. The lowest BCUT2D eigenvalue weighted by molar-refractivity contribution is 0.796. The molecule has 0 bridgehead atoms. The maximum atomic E-state index is 3.74. The number of unbranched alkanes of at least 4 members (excludes halogenated alkanes) is 2. The largest absolute Gasteiger partial charge is 0.354 e. The van der Waals surface area contributed by atoms with E-state index >= 15 is 0 Å². The van der Waals surface area contributed by atoms with Crippen molar-refractivity contribution in [3.63, 3.8) is 0 Å². The average Bonchev–Trinajstić information content (AvgIpc) is 3.39. The van der Waals surface area contributed by atoms with E-state index in [0.717, 1.165) is 6.42 Å². The van der Waals surface area contributed by atoms with Crippen molar-refractivity contribution in [3.8, 4) is 0 Å². The summed E-state index contributed by atoms with van der Waals surface area (Å²) in [5.74, 6) is 0. The van der Waals surface area contributed by atoms with Gasteiger partial charge in [0.2, 0.25) is 0 Å². The van der Waals surface area contributed by atoms with E-state index in [1.807, 2.05) is 11.3 Å². The molecule has 0 aliphatic heterocycles. The molecule has 0 atom stereocenters. The molecule has 0 saturated carbocycles. The summed E-state index contributed by atoms with van der Waals surface area (Å²) >= 11 is 1.94. The maximum absolute atomic E-state index is 3.74. The maximum Gasteiger partial charge on any atom is 0.0545 e. The Hall–Kier alpha value is -2.84. The van der Waals surface area contributed by atoms with Crippen LogP contribution in [0.4, 0.5) is 0 Å². The van der Waals surface area contributed by atoms with Gasteiger partial charge in [-0.05, 0) is 61.1 Å². The van der Waals surface area contributed by atoms with Gasteiger partial charge in [-0.3, -0.25) is 0 Å². The van der Waals surface area contributed by atoms with Crippen molar-refractivity contribution < 1.29 is 0 Å². The standard InChI is InChI=1S/C30H29NS/c1-3-5-7-19-9-15-27-25(17-19)22-12-13-23-21(29(22)31-27)11-14-24-26-18-20(8-6-4-2)10-16-28(26)32-30(23)24/h9-18,31H,3-8H2,1-2H3. The Kier molecular flexibility index (Phi) is 4.91. The number of rotatable bonds is 6. The molecule has 0 spiro atoms. The van der Waals surface area contributed by atoms with Crippen molar-refractivity contribution in [3.05, 3.63) is 71.8 Å². The number of thiophene rings is 1. The third kappa shape index (κ3) is 3.12. The molecule has 0 amide bonds. The van der Waals surface area contributed by atoms with Crippen molar-refractivity contribution in [2.45, 2.75) is 52.4 Å². The first-order valence-electron chi connectivity index (χ1n) is 12.1. The lowest BCUT2D eigenvalue weighted by atomic mass is 10.0. The van der Waals surface area contributed by atoms with Crippen LogP contribution in [0.2, 0.25) is 0 Å². The fourth-order valence-corrected chi connectivity index (χ4v) is 6.39. The minimum Gasteiger partial charge on any atom is -0.354 e. The van der Waals surface area contributed by atoms with Crippen LogP contribution in [-0.2, 0) is 12.8 Å². The molecule has 2 aromatic heterocycles. The van der Waals surface area contributed by atoms with E-state index in [1.165, 1.54) is 96.0 Å². The van der Waals surface area contributed by atoms with E-state index in [0.29, 0.717) is 0 Å². The van der Waals surface area contributed by atoms with Gasteiger partial charge in [0, 0.05) is 47.2 Å². The fraction of sp³-hybridized carbons (Fsp3) is 0.267. The van der Waals surface area contributed by atoms with Crippen molar-refractivity contribution in [2.24, 2.45) is 0 Å². The van der Waals surface area contributed by atoms with E-state index in [1.54, 1.807) is 0 Å². The molecule has 6 aromatic rings. The molecule has 1 nitrogen and oxygen atoms in total. The summed E-state index contributed by atoms with van der Waals surface area (Å²) < 4.78 is 2.80. The van der Waals surface area contributed by atoms with Crippen molar-refractivity contribution in [2.75, 3.05) is 0 Å². The molecule has 0 aliphatic rings. The van der Waals surface area contributed by atoms with Crippen LogP contribution in [0.5, 0.6) is 0 Å². The van der Waals surface area contributed by atoms with Crippen LogP contribution in [0.3, 0.4) is 0 Å². The first kappa shape index (κ1) is 19.8. The average molecular weight is 436 g/mol. The van der Waals surface area contributed by atoms with Gasteiger partial charge in [0.25, 0.3) is 0 Å². The van der Waals surface area contributed by atoms with E-state index in [-0.39, 0.29) is 0 Å². The molecule has 0 saturated heterocycles. The summed E-state index contributed by atoms with van der Waals surface area (Å²) in [6.07, 6.45) is 7.33. The number of aryl methyl sites for hydroxylation is 2. The van der Waals surface area contributed by atoms with Crippen LogP contribution in [0.1, 0.15) is 50.7 Å². The van der Waals surface area contributed by atoms with E-state index < -0.39 is 0 Å². The molecule has 0 unspecified atom stereocenters. The van der Waals surface area contributed by atoms with Crippen LogP contribution in [0.15, 0.2) is 60.7 Å². The topological polar surface area (TPSA) is 15.8 Å². The second-order valence-corrected chi connectivity index (χ2v) is 10.2. The lowest BCUT2D eigenvalue weighted by Gasteiger charge is -2.03. The predicted octanol–water partition coefficient (Wildman–Crippen LogP) is 9.53. The Morgan fingerprint density at radius 3 is 1.94 bits per heavy atom. The Bertz CT molecular complexity index is 1480. The molecule has 0 aliphatic carbocycles. The Balaban J connectivity index is 1.56. The molecular weight excluding hydrogens is 406 g/mol. The quantitative estimate of drug-likeness (QED) is 0.268. The molecule has 6 rings (SSSR count). The molecule has 0 radical (unpaired) electrons. The number of nitrogens with one attached hydrogen (secondary N) is 1. The van der Waals surface area contributed by atoms with Crippen LogP contribution in [0, 0.1) is 0 Å². The molecule has 2 heterocycles. The highest BCUT2D eigenvalue weighted by Crippen LogP contribution is 2.41. The van der Waals surface area contributed by atoms with E-state index in [4.69, 9.17) is 0 Å². The Morgan fingerprint density at radius 1 is 0.625 bits per heavy atom. The summed E-state index contributed by atoms with van der Waals surface area (Å²) in [6, 6.07) is 23.4. The second kappa shape index (κ2) is 7.94. The molecule has 0 fully saturated rings. The monoisotopic (exact) mass is 435 g/mol. The van der Waals surface area contributed by atoms with Crippen LogP contribution >= 0.6 is 11.3 Å². The first-order valence-corrected chi connectivity index (χ1v) is 12.9. The first-order chi connectivity index (χ1) is 15.8. The van der Waals surface area contributed by atoms with Crippen LogP contribution < -0.4 is 0 Å². The SMILES string of the molecule is CCCCc1ccc2[nH]c3c(ccc4c3ccc3c5cc(CCCC)ccc5sc34)c2c1. The number of aromatic nitrogens is 1. The smallest absolute Gasteiger partial charge is 0.0545 e. The summed E-state index contributed by atoms with van der Waals surface area (Å²) in [5.41, 5.74) is 5.42. The van der Waals surface area contributed by atoms with Gasteiger partial charge in [0.05, 0.1) is 5.52 Å². The summed E-state index contributed by atoms with van der Waals surface area (Å²) in [4.78, 5) is 3.74. The minimum atomic E-state index is 1.16. The highest BCUT2D eigenvalue weighted by molar-refractivity contribution is 7.26. The molecule has 2 heteroatoms. The highest BCUT2D eigenvalue weighted by Gasteiger charge is 2.13. The zero-order valence-corrected chi connectivity index (χ0v) is 19.7. The highest BCUT2D eigenvalue weighted by atomic mass is 32.1. The lowest BCUT2D eigenvalue weighted by Crippen LogP contribution is -1.83. The number of hydrogen-bond donors (Lipinski definition) is 1. The number of fused-ring (bicyclic) bond motifs is 9. The molecule has 32 heavy (non-hydrogen) atoms. The van der Waals surface area contributed by atoms with Crippen LogP contribution in [-0.4, -0.2) is 4.98 Å². The van der Waals surface area contributed by atoms with Gasteiger partial charge in [-0.15, -0.1) is 11.3 Å². The molecule has 1 N–H and O–H groups in total. The van der Waals surface area contributed by atoms with Gasteiger partial charge >= 0.3 is 0 Å². The third-order valence-electron chi connectivity index (χ3n) is 6.97. The van der Waals surface area contributed by atoms with E-state index in [2.05, 4.69) is 79.5 Å². The Labute approximate surface area is 193 Å². The normalized spacial score (nSPS) is 12.2.